The molecular formula is C14H18N2O2. The molecule has 1 heterocycles. The topological polar surface area (TPSA) is 57.2 Å². The number of hydrogen-bond acceptors (Lipinski definition) is 3. The lowest BCUT2D eigenvalue weighted by Crippen LogP contribution is -2.34. The third-order valence-electron chi connectivity index (χ3n) is 3.07. The van der Waals surface area contributed by atoms with Crippen LogP contribution >= 0.6 is 0 Å². The van der Waals surface area contributed by atoms with Crippen LogP contribution in [0.1, 0.15) is 12.6 Å². The zero-order chi connectivity index (χ0) is 13.1. The van der Waals surface area contributed by atoms with Gasteiger partial charge in [-0.3, -0.25) is 4.79 Å². The van der Waals surface area contributed by atoms with Gasteiger partial charge in [0, 0.05) is 24.7 Å². The van der Waals surface area contributed by atoms with Crippen molar-refractivity contribution in [1.29, 1.82) is 0 Å². The van der Waals surface area contributed by atoms with E-state index in [2.05, 4.69) is 22.8 Å². The molecule has 1 aromatic carbocycles. The maximum Gasteiger partial charge on any atom is 0.323 e. The van der Waals surface area contributed by atoms with Crippen LogP contribution in [0.25, 0.3) is 10.9 Å². The summed E-state index contributed by atoms with van der Waals surface area (Å²) < 4.78 is 6.98. The molecular weight excluding hydrogens is 228 g/mol. The summed E-state index contributed by atoms with van der Waals surface area (Å²) >= 11 is 0. The second-order valence-electron chi connectivity index (χ2n) is 4.32. The van der Waals surface area contributed by atoms with Crippen LogP contribution in [-0.4, -0.2) is 23.2 Å². The number of para-hydroxylation sites is 1. The number of carbonyl (C=O) groups is 1. The number of aryl methyl sites for hydroxylation is 1. The Morgan fingerprint density at radius 2 is 2.17 bits per heavy atom. The maximum atomic E-state index is 11.5. The van der Waals surface area contributed by atoms with E-state index in [0.29, 0.717) is 13.0 Å². The number of nitrogens with two attached hydrogens (primary N) is 1. The first-order chi connectivity index (χ1) is 8.63. The Hall–Kier alpha value is -1.81. The molecule has 1 unspecified atom stereocenters. The zero-order valence-electron chi connectivity index (χ0n) is 10.7. The highest BCUT2D eigenvalue weighted by Crippen LogP contribution is 2.19. The summed E-state index contributed by atoms with van der Waals surface area (Å²) in [7, 11) is 1.98. The van der Waals surface area contributed by atoms with E-state index in [1.807, 2.05) is 19.2 Å². The van der Waals surface area contributed by atoms with Crippen LogP contribution in [0.4, 0.5) is 0 Å². The molecule has 0 bridgehead atoms. The first-order valence-corrected chi connectivity index (χ1v) is 6.09. The molecule has 4 heteroatoms. The molecule has 1 aromatic heterocycles. The fourth-order valence-corrected chi connectivity index (χ4v) is 2.10. The average Bonchev–Trinajstić information content (AvgIpc) is 2.67. The first-order valence-electron chi connectivity index (χ1n) is 6.09. The minimum absolute atomic E-state index is 0.345. The Morgan fingerprint density at radius 3 is 2.83 bits per heavy atom. The van der Waals surface area contributed by atoms with Crippen molar-refractivity contribution in [3.8, 4) is 0 Å². The Bertz CT molecular complexity index is 560. The van der Waals surface area contributed by atoms with Gasteiger partial charge in [-0.05, 0) is 24.4 Å². The van der Waals surface area contributed by atoms with Crippen LogP contribution < -0.4 is 5.73 Å². The van der Waals surface area contributed by atoms with Crippen LogP contribution in [-0.2, 0) is 23.0 Å². The minimum Gasteiger partial charge on any atom is -0.465 e. The average molecular weight is 246 g/mol. The molecule has 2 rings (SSSR count). The molecule has 0 aliphatic rings. The number of ether oxygens (including phenoxy) is 1. The van der Waals surface area contributed by atoms with Crippen LogP contribution in [0.3, 0.4) is 0 Å². The summed E-state index contributed by atoms with van der Waals surface area (Å²) in [5.41, 5.74) is 8.02. The van der Waals surface area contributed by atoms with Crippen molar-refractivity contribution in [3.05, 3.63) is 36.0 Å². The van der Waals surface area contributed by atoms with E-state index in [1.54, 1.807) is 6.92 Å². The highest BCUT2D eigenvalue weighted by Gasteiger charge is 2.17. The number of benzene rings is 1. The number of esters is 1. The van der Waals surface area contributed by atoms with E-state index >= 15 is 0 Å². The largest absolute Gasteiger partial charge is 0.465 e. The number of aromatic nitrogens is 1. The van der Waals surface area contributed by atoms with E-state index in [0.717, 1.165) is 16.6 Å². The number of hydrogen-bond donors (Lipinski definition) is 1. The van der Waals surface area contributed by atoms with Crippen molar-refractivity contribution in [2.24, 2.45) is 12.8 Å². The van der Waals surface area contributed by atoms with E-state index < -0.39 is 6.04 Å². The lowest BCUT2D eigenvalue weighted by atomic mass is 10.1. The number of carbonyl (C=O) groups excluding carboxylic acids is 1. The third-order valence-corrected chi connectivity index (χ3v) is 3.07. The molecule has 0 spiro atoms. The molecule has 2 aromatic rings. The van der Waals surface area contributed by atoms with Crippen molar-refractivity contribution < 1.29 is 9.53 Å². The van der Waals surface area contributed by atoms with Gasteiger partial charge in [-0.1, -0.05) is 18.2 Å². The predicted octanol–water partition coefficient (Wildman–Crippen LogP) is 1.61. The molecule has 0 aliphatic carbocycles. The highest BCUT2D eigenvalue weighted by atomic mass is 16.5. The van der Waals surface area contributed by atoms with Gasteiger partial charge in [0.25, 0.3) is 0 Å². The van der Waals surface area contributed by atoms with E-state index in [-0.39, 0.29) is 5.97 Å². The molecule has 2 N–H and O–H groups in total. The number of rotatable bonds is 4. The standard InChI is InChI=1S/C14H18N2O2/c1-3-18-14(17)12(15)9-11-8-10-6-4-5-7-13(10)16(11)2/h4-8,12H,3,9,15H2,1-2H3. The quantitative estimate of drug-likeness (QED) is 0.834. The van der Waals surface area contributed by atoms with Crippen LogP contribution in [0.2, 0.25) is 0 Å². The molecule has 0 amide bonds. The SMILES string of the molecule is CCOC(=O)C(N)Cc1cc2ccccc2n1C. The second-order valence-corrected chi connectivity index (χ2v) is 4.32. The van der Waals surface area contributed by atoms with Gasteiger partial charge in [-0.15, -0.1) is 0 Å². The van der Waals surface area contributed by atoms with E-state index in [4.69, 9.17) is 10.5 Å². The van der Waals surface area contributed by atoms with Crippen molar-refractivity contribution in [1.82, 2.24) is 4.57 Å². The van der Waals surface area contributed by atoms with Crippen molar-refractivity contribution in [2.45, 2.75) is 19.4 Å². The maximum absolute atomic E-state index is 11.5. The Morgan fingerprint density at radius 1 is 1.44 bits per heavy atom. The Kier molecular flexibility index (Phi) is 3.67. The lowest BCUT2D eigenvalue weighted by Gasteiger charge is -2.11. The van der Waals surface area contributed by atoms with Crippen LogP contribution in [0.5, 0.6) is 0 Å². The van der Waals surface area contributed by atoms with Crippen LogP contribution in [0, 0.1) is 0 Å². The summed E-state index contributed by atoms with van der Waals surface area (Å²) in [5.74, 6) is -0.345. The number of fused-ring (bicyclic) bond motifs is 1. The highest BCUT2D eigenvalue weighted by molar-refractivity contribution is 5.82. The molecule has 4 nitrogen and oxygen atoms in total. The van der Waals surface area contributed by atoms with Gasteiger partial charge in [0.15, 0.2) is 0 Å². The molecule has 0 saturated carbocycles. The van der Waals surface area contributed by atoms with Crippen LogP contribution in [0.15, 0.2) is 30.3 Å². The van der Waals surface area contributed by atoms with Gasteiger partial charge < -0.3 is 15.0 Å². The van der Waals surface area contributed by atoms with Gasteiger partial charge in [0.05, 0.1) is 6.61 Å². The third kappa shape index (κ3) is 2.38. The van der Waals surface area contributed by atoms with Crippen molar-refractivity contribution in [2.75, 3.05) is 6.61 Å². The summed E-state index contributed by atoms with van der Waals surface area (Å²) in [6.45, 7) is 2.14. The fraction of sp³-hybridized carbons (Fsp3) is 0.357. The summed E-state index contributed by atoms with van der Waals surface area (Å²) in [4.78, 5) is 11.5. The second kappa shape index (κ2) is 5.23. The smallest absolute Gasteiger partial charge is 0.323 e. The minimum atomic E-state index is -0.604. The zero-order valence-corrected chi connectivity index (χ0v) is 10.7. The predicted molar refractivity (Wildman–Crippen MR) is 71.2 cm³/mol. The van der Waals surface area contributed by atoms with Crippen molar-refractivity contribution >= 4 is 16.9 Å². The summed E-state index contributed by atoms with van der Waals surface area (Å²) in [6.07, 6.45) is 0.490. The molecule has 0 fully saturated rings. The summed E-state index contributed by atoms with van der Waals surface area (Å²) in [5, 5.41) is 1.16. The van der Waals surface area contributed by atoms with Gasteiger partial charge >= 0.3 is 5.97 Å². The van der Waals surface area contributed by atoms with Gasteiger partial charge in [-0.25, -0.2) is 0 Å². The summed E-state index contributed by atoms with van der Waals surface area (Å²) in [6, 6.07) is 9.56. The fourth-order valence-electron chi connectivity index (χ4n) is 2.10. The Labute approximate surface area is 106 Å². The van der Waals surface area contributed by atoms with E-state index in [9.17, 15) is 4.79 Å². The van der Waals surface area contributed by atoms with Gasteiger partial charge in [0.1, 0.15) is 6.04 Å². The van der Waals surface area contributed by atoms with Gasteiger partial charge in [-0.2, -0.15) is 0 Å². The molecule has 0 radical (unpaired) electrons. The molecule has 96 valence electrons. The molecule has 18 heavy (non-hydrogen) atoms. The first kappa shape index (κ1) is 12.6. The van der Waals surface area contributed by atoms with E-state index in [1.165, 1.54) is 0 Å². The monoisotopic (exact) mass is 246 g/mol. The number of nitrogens with zero attached hydrogens (tertiary/aromatic N) is 1. The molecule has 0 saturated heterocycles. The molecule has 0 aliphatic heterocycles. The normalized spacial score (nSPS) is 12.6. The molecule has 1 atom stereocenters. The lowest BCUT2D eigenvalue weighted by molar-refractivity contribution is -0.144. The van der Waals surface area contributed by atoms with Crippen molar-refractivity contribution in [3.63, 3.8) is 0 Å². The van der Waals surface area contributed by atoms with Gasteiger partial charge in [0.2, 0.25) is 0 Å². The Balaban J connectivity index is 2.21.